The first-order valence-corrected chi connectivity index (χ1v) is 8.08. The summed E-state index contributed by atoms with van der Waals surface area (Å²) in [7, 11) is 0. The van der Waals surface area contributed by atoms with E-state index in [-0.39, 0.29) is 17.4 Å². The van der Waals surface area contributed by atoms with Crippen molar-refractivity contribution in [3.63, 3.8) is 0 Å². The zero-order chi connectivity index (χ0) is 18.7. The van der Waals surface area contributed by atoms with Crippen LogP contribution in [0.2, 0.25) is 0 Å². The van der Waals surface area contributed by atoms with Crippen molar-refractivity contribution in [1.82, 2.24) is 20.1 Å². The minimum atomic E-state index is -4.52. The Labute approximate surface area is 148 Å². The van der Waals surface area contributed by atoms with Gasteiger partial charge in [0.1, 0.15) is 5.69 Å². The number of amides is 1. The molecular weight excluding hydrogens is 349 g/mol. The van der Waals surface area contributed by atoms with Crippen LogP contribution in [0.4, 0.5) is 13.2 Å². The molecule has 6 nitrogen and oxygen atoms in total. The van der Waals surface area contributed by atoms with Crippen molar-refractivity contribution in [1.29, 1.82) is 0 Å². The Kier molecular flexibility index (Phi) is 5.06. The number of aryl methyl sites for hydroxylation is 1. The Balaban J connectivity index is 1.54. The lowest BCUT2D eigenvalue weighted by Gasteiger charge is -2.17. The van der Waals surface area contributed by atoms with Gasteiger partial charge in [0.25, 0.3) is 5.91 Å². The summed E-state index contributed by atoms with van der Waals surface area (Å²) in [5.41, 5.74) is -0.0786. The van der Waals surface area contributed by atoms with Crippen LogP contribution >= 0.6 is 0 Å². The lowest BCUT2D eigenvalue weighted by Crippen LogP contribution is -2.29. The Bertz CT molecular complexity index is 763. The predicted molar refractivity (Wildman–Crippen MR) is 85.5 cm³/mol. The van der Waals surface area contributed by atoms with Gasteiger partial charge in [0.15, 0.2) is 0 Å². The Hall–Kier alpha value is -2.71. The predicted octanol–water partition coefficient (Wildman–Crippen LogP) is 2.74. The molecule has 0 spiro atoms. The van der Waals surface area contributed by atoms with E-state index in [4.69, 9.17) is 4.74 Å². The second kappa shape index (κ2) is 7.27. The molecule has 0 saturated carbocycles. The molecule has 0 aromatic carbocycles. The largest absolute Gasteiger partial charge is 0.476 e. The summed E-state index contributed by atoms with van der Waals surface area (Å²) in [6.07, 6.45) is -2.80. The molecule has 1 aliphatic rings. The number of halogens is 3. The molecule has 3 heterocycles. The number of nitrogens with zero attached hydrogens (tertiary/aromatic N) is 4. The van der Waals surface area contributed by atoms with Gasteiger partial charge in [0.2, 0.25) is 5.88 Å². The summed E-state index contributed by atoms with van der Waals surface area (Å²) < 4.78 is 43.2. The minimum Gasteiger partial charge on any atom is -0.476 e. The van der Waals surface area contributed by atoms with Crippen LogP contribution in [-0.4, -0.2) is 45.7 Å². The number of likely N-dealkylation sites (tertiary alicyclic amines) is 1. The molecule has 3 rings (SSSR count). The first-order valence-electron chi connectivity index (χ1n) is 8.08. The molecule has 0 N–H and O–H groups in total. The van der Waals surface area contributed by atoms with E-state index in [0.29, 0.717) is 25.6 Å². The fourth-order valence-corrected chi connectivity index (χ4v) is 2.69. The van der Waals surface area contributed by atoms with E-state index in [2.05, 4.69) is 15.2 Å². The van der Waals surface area contributed by atoms with Crippen LogP contribution in [0.25, 0.3) is 0 Å². The molecule has 138 valence electrons. The van der Waals surface area contributed by atoms with E-state index in [1.807, 2.05) is 6.92 Å². The summed E-state index contributed by atoms with van der Waals surface area (Å²) in [5, 5.41) is 7.82. The highest BCUT2D eigenvalue weighted by molar-refractivity contribution is 5.94. The van der Waals surface area contributed by atoms with Gasteiger partial charge in [0.05, 0.1) is 17.9 Å². The monoisotopic (exact) mass is 366 g/mol. The van der Waals surface area contributed by atoms with Crippen molar-refractivity contribution >= 4 is 5.91 Å². The molecular formula is C17H17F3N4O2. The summed E-state index contributed by atoms with van der Waals surface area (Å²) >= 11 is 0. The number of pyridine rings is 1. The van der Waals surface area contributed by atoms with Crippen LogP contribution in [0.15, 0.2) is 30.5 Å². The fraction of sp³-hybridized carbons (Fsp3) is 0.412. The number of hydrogen-bond donors (Lipinski definition) is 0. The highest BCUT2D eigenvalue weighted by atomic mass is 19.4. The first kappa shape index (κ1) is 18.1. The van der Waals surface area contributed by atoms with Gasteiger partial charge in [-0.15, -0.1) is 5.10 Å². The number of carbonyl (C=O) groups excluding carboxylic acids is 1. The van der Waals surface area contributed by atoms with Crippen LogP contribution in [-0.2, 0) is 6.18 Å². The molecule has 1 saturated heterocycles. The van der Waals surface area contributed by atoms with Crippen molar-refractivity contribution in [3.8, 4) is 5.88 Å². The van der Waals surface area contributed by atoms with Gasteiger partial charge in [-0.25, -0.2) is 0 Å². The van der Waals surface area contributed by atoms with Crippen LogP contribution in [0.5, 0.6) is 5.88 Å². The van der Waals surface area contributed by atoms with Gasteiger partial charge >= 0.3 is 6.18 Å². The molecule has 1 aliphatic heterocycles. The summed E-state index contributed by atoms with van der Waals surface area (Å²) in [4.78, 5) is 17.3. The van der Waals surface area contributed by atoms with E-state index in [1.54, 1.807) is 17.0 Å². The smallest absolute Gasteiger partial charge is 0.433 e. The minimum absolute atomic E-state index is 0.129. The quantitative estimate of drug-likeness (QED) is 0.832. The van der Waals surface area contributed by atoms with Gasteiger partial charge in [-0.1, -0.05) is 0 Å². The molecule has 26 heavy (non-hydrogen) atoms. The van der Waals surface area contributed by atoms with Crippen molar-refractivity contribution < 1.29 is 22.7 Å². The topological polar surface area (TPSA) is 68.2 Å². The van der Waals surface area contributed by atoms with Crippen molar-refractivity contribution in [3.05, 3.63) is 47.4 Å². The lowest BCUT2D eigenvalue weighted by atomic mass is 10.1. The molecule has 0 radical (unpaired) electrons. The number of aromatic nitrogens is 3. The Morgan fingerprint density at radius 1 is 1.27 bits per heavy atom. The number of ether oxygens (including phenoxy) is 1. The van der Waals surface area contributed by atoms with Gasteiger partial charge in [0, 0.05) is 31.3 Å². The third-order valence-corrected chi connectivity index (χ3v) is 4.11. The number of alkyl halides is 3. The van der Waals surface area contributed by atoms with Crippen molar-refractivity contribution in [2.45, 2.75) is 19.5 Å². The number of hydrogen-bond acceptors (Lipinski definition) is 5. The average Bonchev–Trinajstić information content (AvgIpc) is 3.09. The molecule has 0 aliphatic carbocycles. The van der Waals surface area contributed by atoms with E-state index < -0.39 is 11.9 Å². The summed E-state index contributed by atoms with van der Waals surface area (Å²) in [6, 6.07) is 5.50. The third-order valence-electron chi connectivity index (χ3n) is 4.11. The van der Waals surface area contributed by atoms with E-state index in [0.717, 1.165) is 30.4 Å². The zero-order valence-electron chi connectivity index (χ0n) is 14.0. The summed E-state index contributed by atoms with van der Waals surface area (Å²) in [5.74, 6) is 0.223. The van der Waals surface area contributed by atoms with E-state index in [9.17, 15) is 18.0 Å². The highest BCUT2D eigenvalue weighted by Crippen LogP contribution is 2.27. The lowest BCUT2D eigenvalue weighted by molar-refractivity contribution is -0.141. The van der Waals surface area contributed by atoms with Crippen LogP contribution in [0, 0.1) is 12.8 Å². The first-order chi connectivity index (χ1) is 12.3. The molecule has 1 fully saturated rings. The van der Waals surface area contributed by atoms with Crippen LogP contribution in [0.1, 0.15) is 28.2 Å². The zero-order valence-corrected chi connectivity index (χ0v) is 14.0. The van der Waals surface area contributed by atoms with E-state index in [1.165, 1.54) is 0 Å². The molecule has 1 atom stereocenters. The second-order valence-corrected chi connectivity index (χ2v) is 6.16. The Morgan fingerprint density at radius 3 is 2.69 bits per heavy atom. The van der Waals surface area contributed by atoms with Gasteiger partial charge < -0.3 is 9.64 Å². The standard InChI is InChI=1S/C17H17F3N4O2/c1-11-2-5-15(23-22-11)26-10-12-6-7-24(9-12)16(25)13-3-4-14(21-8-13)17(18,19)20/h2-5,8,12H,6-7,9-10H2,1H3. The Morgan fingerprint density at radius 2 is 2.08 bits per heavy atom. The van der Waals surface area contributed by atoms with Gasteiger partial charge in [-0.3, -0.25) is 9.78 Å². The maximum Gasteiger partial charge on any atom is 0.433 e. The van der Waals surface area contributed by atoms with Crippen LogP contribution in [0.3, 0.4) is 0 Å². The second-order valence-electron chi connectivity index (χ2n) is 6.16. The number of rotatable bonds is 4. The third kappa shape index (κ3) is 4.27. The molecule has 1 unspecified atom stereocenters. The average molecular weight is 366 g/mol. The molecule has 2 aromatic rings. The normalized spacial score (nSPS) is 17.4. The SMILES string of the molecule is Cc1ccc(OCC2CCN(C(=O)c3ccc(C(F)(F)F)nc3)C2)nn1. The maximum absolute atomic E-state index is 12.5. The van der Waals surface area contributed by atoms with Gasteiger partial charge in [-0.05, 0) is 31.5 Å². The molecule has 0 bridgehead atoms. The maximum atomic E-state index is 12.5. The summed E-state index contributed by atoms with van der Waals surface area (Å²) in [6.45, 7) is 3.22. The van der Waals surface area contributed by atoms with E-state index >= 15 is 0 Å². The molecule has 1 amide bonds. The van der Waals surface area contributed by atoms with Crippen LogP contribution < -0.4 is 4.74 Å². The highest BCUT2D eigenvalue weighted by Gasteiger charge is 2.33. The van der Waals surface area contributed by atoms with Gasteiger partial charge in [-0.2, -0.15) is 18.3 Å². The van der Waals surface area contributed by atoms with Crippen molar-refractivity contribution in [2.75, 3.05) is 19.7 Å². The van der Waals surface area contributed by atoms with Crippen molar-refractivity contribution in [2.24, 2.45) is 5.92 Å². The fourth-order valence-electron chi connectivity index (χ4n) is 2.69. The number of carbonyl (C=O) groups is 1. The molecule has 9 heteroatoms. The molecule has 2 aromatic heterocycles.